The van der Waals surface area contributed by atoms with E-state index in [1.807, 2.05) is 17.8 Å². The number of rotatable bonds is 3. The van der Waals surface area contributed by atoms with Crippen molar-refractivity contribution in [3.8, 4) is 6.19 Å². The molecule has 1 unspecified atom stereocenters. The predicted octanol–water partition coefficient (Wildman–Crippen LogP) is 2.38. The molecular formula is C9H12N4S2. The molecule has 1 rings (SSSR count). The number of hydrogen-bond acceptors (Lipinski definition) is 5. The van der Waals surface area contributed by atoms with Gasteiger partial charge in [0, 0.05) is 11.6 Å². The van der Waals surface area contributed by atoms with Gasteiger partial charge in [-0.05, 0) is 12.7 Å². The molecule has 0 aliphatic rings. The highest BCUT2D eigenvalue weighted by Crippen LogP contribution is 2.23. The molecule has 1 atom stereocenters. The van der Waals surface area contributed by atoms with Gasteiger partial charge in [0.2, 0.25) is 0 Å². The SMILES string of the molecule is CCC(N=C(NC#N)SC)c1nccs1. The van der Waals surface area contributed by atoms with E-state index in [0.717, 1.165) is 11.4 Å². The van der Waals surface area contributed by atoms with Crippen LogP contribution in [0.4, 0.5) is 0 Å². The lowest BCUT2D eigenvalue weighted by Gasteiger charge is -2.08. The van der Waals surface area contributed by atoms with Crippen molar-refractivity contribution in [2.45, 2.75) is 19.4 Å². The van der Waals surface area contributed by atoms with Crippen LogP contribution < -0.4 is 5.32 Å². The minimum absolute atomic E-state index is 0.0494. The molecule has 1 N–H and O–H groups in total. The van der Waals surface area contributed by atoms with Gasteiger partial charge in [-0.3, -0.25) is 10.3 Å². The fourth-order valence-electron chi connectivity index (χ4n) is 1.05. The van der Waals surface area contributed by atoms with E-state index in [-0.39, 0.29) is 6.04 Å². The van der Waals surface area contributed by atoms with Crippen LogP contribution in [-0.2, 0) is 0 Å². The van der Waals surface area contributed by atoms with Gasteiger partial charge in [-0.1, -0.05) is 18.7 Å². The molecule has 0 fully saturated rings. The third-order valence-corrected chi connectivity index (χ3v) is 3.22. The Kier molecular flexibility index (Phi) is 5.15. The monoisotopic (exact) mass is 240 g/mol. The zero-order chi connectivity index (χ0) is 11.1. The van der Waals surface area contributed by atoms with Gasteiger partial charge >= 0.3 is 0 Å². The first-order chi connectivity index (χ1) is 7.31. The number of thioether (sulfide) groups is 1. The Morgan fingerprint density at radius 3 is 3.13 bits per heavy atom. The third-order valence-electron chi connectivity index (χ3n) is 1.75. The van der Waals surface area contributed by atoms with Gasteiger partial charge in [0.15, 0.2) is 11.4 Å². The number of nitrogens with one attached hydrogen (secondary N) is 1. The summed E-state index contributed by atoms with van der Waals surface area (Å²) in [6.45, 7) is 2.06. The summed E-state index contributed by atoms with van der Waals surface area (Å²) in [5, 5.41) is 14.6. The van der Waals surface area contributed by atoms with Crippen LogP contribution in [0.2, 0.25) is 0 Å². The van der Waals surface area contributed by atoms with E-state index in [2.05, 4.69) is 22.2 Å². The molecule has 15 heavy (non-hydrogen) atoms. The molecule has 0 aliphatic heterocycles. The molecule has 1 aromatic rings. The molecule has 0 spiro atoms. The molecule has 0 aromatic carbocycles. The van der Waals surface area contributed by atoms with Crippen LogP contribution in [0.25, 0.3) is 0 Å². The molecule has 0 bridgehead atoms. The quantitative estimate of drug-likeness (QED) is 0.381. The standard InChI is InChI=1S/C9H12N4S2/c1-3-7(8-11-4-5-15-8)13-9(14-2)12-6-10/h4-5,7H,3H2,1-2H3,(H,12,13). The summed E-state index contributed by atoms with van der Waals surface area (Å²) in [5.41, 5.74) is 0. The fourth-order valence-corrected chi connectivity index (χ4v) is 2.19. The highest BCUT2D eigenvalue weighted by Gasteiger charge is 2.11. The maximum Gasteiger partial charge on any atom is 0.183 e. The van der Waals surface area contributed by atoms with Crippen LogP contribution in [0.5, 0.6) is 0 Å². The average Bonchev–Trinajstić information content (AvgIpc) is 2.77. The predicted molar refractivity (Wildman–Crippen MR) is 64.8 cm³/mol. The van der Waals surface area contributed by atoms with E-state index in [1.165, 1.54) is 11.8 Å². The van der Waals surface area contributed by atoms with Crippen LogP contribution in [0.1, 0.15) is 24.4 Å². The van der Waals surface area contributed by atoms with Gasteiger partial charge in [-0.2, -0.15) is 5.26 Å². The van der Waals surface area contributed by atoms with Crippen LogP contribution in [0.3, 0.4) is 0 Å². The van der Waals surface area contributed by atoms with Crippen LogP contribution in [0, 0.1) is 11.5 Å². The molecule has 1 aromatic heterocycles. The van der Waals surface area contributed by atoms with Crippen molar-refractivity contribution in [1.29, 1.82) is 5.26 Å². The van der Waals surface area contributed by atoms with E-state index in [1.54, 1.807) is 17.5 Å². The maximum absolute atomic E-state index is 8.52. The van der Waals surface area contributed by atoms with E-state index in [0.29, 0.717) is 5.17 Å². The maximum atomic E-state index is 8.52. The Morgan fingerprint density at radius 1 is 1.87 bits per heavy atom. The second kappa shape index (κ2) is 6.43. The lowest BCUT2D eigenvalue weighted by molar-refractivity contribution is 0.695. The van der Waals surface area contributed by atoms with Gasteiger partial charge in [0.05, 0.1) is 0 Å². The summed E-state index contributed by atoms with van der Waals surface area (Å²) >= 11 is 3.02. The lowest BCUT2D eigenvalue weighted by atomic mass is 10.2. The van der Waals surface area contributed by atoms with Crippen molar-refractivity contribution < 1.29 is 0 Å². The number of aromatic nitrogens is 1. The van der Waals surface area contributed by atoms with Crippen molar-refractivity contribution in [2.75, 3.05) is 6.26 Å². The number of thiazole rings is 1. The van der Waals surface area contributed by atoms with Crippen molar-refractivity contribution in [2.24, 2.45) is 4.99 Å². The fraction of sp³-hybridized carbons (Fsp3) is 0.444. The number of nitrogens with zero attached hydrogens (tertiary/aromatic N) is 3. The zero-order valence-corrected chi connectivity index (χ0v) is 10.2. The smallest absolute Gasteiger partial charge is 0.183 e. The van der Waals surface area contributed by atoms with Gasteiger partial charge in [-0.25, -0.2) is 4.98 Å². The molecule has 80 valence electrons. The number of hydrogen-bond donors (Lipinski definition) is 1. The van der Waals surface area contributed by atoms with Gasteiger partial charge in [0.25, 0.3) is 0 Å². The summed E-state index contributed by atoms with van der Waals surface area (Å²) in [7, 11) is 0. The molecule has 1 heterocycles. The molecule has 0 saturated heterocycles. The zero-order valence-electron chi connectivity index (χ0n) is 8.60. The Bertz CT molecular complexity index is 353. The average molecular weight is 240 g/mol. The molecule has 6 heteroatoms. The normalized spacial score (nSPS) is 13.3. The minimum atomic E-state index is 0.0494. The highest BCUT2D eigenvalue weighted by atomic mass is 32.2. The number of nitriles is 1. The molecule has 0 saturated carbocycles. The first-order valence-electron chi connectivity index (χ1n) is 4.48. The van der Waals surface area contributed by atoms with Crippen molar-refractivity contribution in [3.05, 3.63) is 16.6 Å². The highest BCUT2D eigenvalue weighted by molar-refractivity contribution is 8.13. The minimum Gasteiger partial charge on any atom is -0.272 e. The molecule has 0 aliphatic carbocycles. The summed E-state index contributed by atoms with van der Waals surface area (Å²) in [5.74, 6) is 0. The second-order valence-electron chi connectivity index (χ2n) is 2.67. The van der Waals surface area contributed by atoms with E-state index in [4.69, 9.17) is 5.26 Å². The summed E-state index contributed by atoms with van der Waals surface area (Å²) in [6.07, 6.45) is 6.41. The summed E-state index contributed by atoms with van der Waals surface area (Å²) in [4.78, 5) is 8.67. The van der Waals surface area contributed by atoms with Crippen LogP contribution in [0.15, 0.2) is 16.6 Å². The lowest BCUT2D eigenvalue weighted by Crippen LogP contribution is -2.14. The van der Waals surface area contributed by atoms with E-state index < -0.39 is 0 Å². The number of aliphatic imine (C=N–C) groups is 1. The Balaban J connectivity index is 2.80. The van der Waals surface area contributed by atoms with Gasteiger partial charge in [0.1, 0.15) is 11.0 Å². The first-order valence-corrected chi connectivity index (χ1v) is 6.58. The Hall–Kier alpha value is -1.06. The van der Waals surface area contributed by atoms with Crippen LogP contribution >= 0.6 is 23.1 Å². The Morgan fingerprint density at radius 2 is 2.67 bits per heavy atom. The van der Waals surface area contributed by atoms with Crippen molar-refractivity contribution in [3.63, 3.8) is 0 Å². The van der Waals surface area contributed by atoms with E-state index >= 15 is 0 Å². The van der Waals surface area contributed by atoms with Crippen molar-refractivity contribution >= 4 is 28.3 Å². The third kappa shape index (κ3) is 3.53. The summed E-state index contributed by atoms with van der Waals surface area (Å²) in [6, 6.07) is 0.0494. The topological polar surface area (TPSA) is 61.1 Å². The van der Waals surface area contributed by atoms with E-state index in [9.17, 15) is 0 Å². The largest absolute Gasteiger partial charge is 0.272 e. The molecule has 0 amide bonds. The summed E-state index contributed by atoms with van der Waals surface area (Å²) < 4.78 is 0. The van der Waals surface area contributed by atoms with Gasteiger partial charge < -0.3 is 0 Å². The van der Waals surface area contributed by atoms with Gasteiger partial charge in [-0.15, -0.1) is 11.3 Å². The number of amidine groups is 1. The van der Waals surface area contributed by atoms with Crippen molar-refractivity contribution in [1.82, 2.24) is 10.3 Å². The first kappa shape index (κ1) is 12.0. The van der Waals surface area contributed by atoms with Crippen LogP contribution in [-0.4, -0.2) is 16.4 Å². The second-order valence-corrected chi connectivity index (χ2v) is 4.39. The molecule has 0 radical (unpaired) electrons. The molecule has 4 nitrogen and oxygen atoms in total. The molecular weight excluding hydrogens is 228 g/mol. The Labute approximate surface area is 97.4 Å².